The van der Waals surface area contributed by atoms with E-state index in [0.29, 0.717) is 18.7 Å². The van der Waals surface area contributed by atoms with Crippen LogP contribution in [0.3, 0.4) is 0 Å². The summed E-state index contributed by atoms with van der Waals surface area (Å²) < 4.78 is 0. The highest BCUT2D eigenvalue weighted by Crippen LogP contribution is 2.15. The Hall–Kier alpha value is -2.40. The van der Waals surface area contributed by atoms with Crippen molar-refractivity contribution in [1.82, 2.24) is 10.3 Å². The Balaban J connectivity index is 2.01. The molecule has 1 heterocycles. The van der Waals surface area contributed by atoms with E-state index >= 15 is 0 Å². The molecule has 1 aromatic carbocycles. The lowest BCUT2D eigenvalue weighted by molar-refractivity contribution is -0.137. The molecule has 0 bridgehead atoms. The minimum atomic E-state index is -0.804. The van der Waals surface area contributed by atoms with Gasteiger partial charge in [-0.1, -0.05) is 30.3 Å². The van der Waals surface area contributed by atoms with Gasteiger partial charge in [0.2, 0.25) is 0 Å². The van der Waals surface area contributed by atoms with Gasteiger partial charge in [0.15, 0.2) is 0 Å². The number of hydrogen-bond donors (Lipinski definition) is 3. The van der Waals surface area contributed by atoms with Crippen molar-refractivity contribution < 1.29 is 15.0 Å². The van der Waals surface area contributed by atoms with Gasteiger partial charge in [-0.15, -0.1) is 0 Å². The molecule has 0 aliphatic rings. The zero-order valence-corrected chi connectivity index (χ0v) is 13.2. The lowest BCUT2D eigenvalue weighted by Gasteiger charge is -2.18. The van der Waals surface area contributed by atoms with Gasteiger partial charge >= 0.3 is 5.97 Å². The van der Waals surface area contributed by atoms with Gasteiger partial charge in [-0.3, -0.25) is 9.78 Å². The number of pyridine rings is 1. The average Bonchev–Trinajstić information content (AvgIpc) is 2.54. The van der Waals surface area contributed by atoms with E-state index in [2.05, 4.69) is 10.3 Å². The van der Waals surface area contributed by atoms with Crippen molar-refractivity contribution in [3.05, 3.63) is 59.4 Å². The number of rotatable bonds is 8. The molecule has 0 radical (unpaired) electrons. The zero-order valence-electron chi connectivity index (χ0n) is 13.2. The molecule has 1 unspecified atom stereocenters. The number of carbonyl (C=O) groups is 1. The molecule has 2 aromatic rings. The van der Waals surface area contributed by atoms with Gasteiger partial charge in [-0.2, -0.15) is 0 Å². The minimum Gasteiger partial charge on any atom is -0.506 e. The first-order chi connectivity index (χ1) is 11.0. The van der Waals surface area contributed by atoms with Crippen LogP contribution in [0.15, 0.2) is 42.5 Å². The average molecular weight is 314 g/mol. The first-order valence-electron chi connectivity index (χ1n) is 7.69. The first-order valence-corrected chi connectivity index (χ1v) is 7.69. The fourth-order valence-corrected chi connectivity index (χ4v) is 2.45. The largest absolute Gasteiger partial charge is 0.506 e. The number of nitrogens with one attached hydrogen (secondary N) is 1. The minimum absolute atomic E-state index is 0.00946. The molecule has 23 heavy (non-hydrogen) atoms. The van der Waals surface area contributed by atoms with Crippen LogP contribution >= 0.6 is 0 Å². The van der Waals surface area contributed by atoms with Crippen LogP contribution in [0.25, 0.3) is 0 Å². The van der Waals surface area contributed by atoms with E-state index in [1.165, 1.54) is 0 Å². The number of carboxylic acids is 1. The third-order valence-corrected chi connectivity index (χ3v) is 3.68. The molecular weight excluding hydrogens is 292 g/mol. The first kappa shape index (κ1) is 17.0. The molecule has 122 valence electrons. The van der Waals surface area contributed by atoms with Gasteiger partial charge in [0.25, 0.3) is 0 Å². The highest BCUT2D eigenvalue weighted by atomic mass is 16.4. The molecule has 0 saturated heterocycles. The number of hydrogen-bond acceptors (Lipinski definition) is 4. The van der Waals surface area contributed by atoms with E-state index in [1.807, 2.05) is 37.3 Å². The van der Waals surface area contributed by atoms with Crippen LogP contribution in [0.4, 0.5) is 0 Å². The van der Waals surface area contributed by atoms with Crippen LogP contribution in [-0.2, 0) is 17.8 Å². The van der Waals surface area contributed by atoms with Gasteiger partial charge in [0, 0.05) is 24.7 Å². The molecule has 1 aromatic heterocycles. The molecule has 0 aliphatic carbocycles. The second-order valence-corrected chi connectivity index (χ2v) is 5.62. The summed E-state index contributed by atoms with van der Waals surface area (Å²) >= 11 is 0. The topological polar surface area (TPSA) is 82.5 Å². The SMILES string of the molecule is Cc1ccc(O)c(CNC(CCC(=O)O)Cc2ccccc2)n1. The zero-order chi connectivity index (χ0) is 16.7. The number of nitrogens with zero attached hydrogens (tertiary/aromatic N) is 1. The summed E-state index contributed by atoms with van der Waals surface area (Å²) in [5, 5.41) is 22.1. The molecule has 5 nitrogen and oxygen atoms in total. The quantitative estimate of drug-likeness (QED) is 0.698. The molecule has 0 aliphatic heterocycles. The Morgan fingerprint density at radius 1 is 1.22 bits per heavy atom. The van der Waals surface area contributed by atoms with Crippen molar-refractivity contribution in [2.75, 3.05) is 0 Å². The molecule has 0 saturated carbocycles. The van der Waals surface area contributed by atoms with Crippen LogP contribution in [-0.4, -0.2) is 27.2 Å². The lowest BCUT2D eigenvalue weighted by Crippen LogP contribution is -2.31. The number of aryl methyl sites for hydroxylation is 1. The summed E-state index contributed by atoms with van der Waals surface area (Å²) in [4.78, 5) is 15.2. The number of benzene rings is 1. The predicted molar refractivity (Wildman–Crippen MR) is 88.3 cm³/mol. The summed E-state index contributed by atoms with van der Waals surface area (Å²) in [6.45, 7) is 2.28. The predicted octanol–water partition coefficient (Wildman–Crippen LogP) is 2.66. The van der Waals surface area contributed by atoms with Crippen LogP contribution in [0.1, 0.15) is 29.8 Å². The Morgan fingerprint density at radius 2 is 1.96 bits per heavy atom. The molecule has 2 rings (SSSR count). The van der Waals surface area contributed by atoms with Gasteiger partial charge in [0.05, 0.1) is 5.69 Å². The van der Waals surface area contributed by atoms with Gasteiger partial charge in [-0.05, 0) is 37.5 Å². The molecule has 0 fully saturated rings. The maximum atomic E-state index is 10.8. The third kappa shape index (κ3) is 5.71. The molecular formula is C18H22N2O3. The normalized spacial score (nSPS) is 12.0. The van der Waals surface area contributed by atoms with Gasteiger partial charge in [-0.25, -0.2) is 0 Å². The monoisotopic (exact) mass is 314 g/mol. The smallest absolute Gasteiger partial charge is 0.303 e. The summed E-state index contributed by atoms with van der Waals surface area (Å²) in [5.74, 6) is -0.652. The van der Waals surface area contributed by atoms with Crippen LogP contribution in [0.2, 0.25) is 0 Å². The molecule has 1 atom stereocenters. The summed E-state index contributed by atoms with van der Waals surface area (Å²) in [6.07, 6.45) is 1.37. The molecule has 0 spiro atoms. The Kier molecular flexibility index (Phi) is 6.11. The van der Waals surface area contributed by atoms with Crippen molar-refractivity contribution >= 4 is 5.97 Å². The van der Waals surface area contributed by atoms with Crippen molar-refractivity contribution in [3.63, 3.8) is 0 Å². The van der Waals surface area contributed by atoms with E-state index in [0.717, 1.165) is 17.7 Å². The number of aliphatic carboxylic acids is 1. The second-order valence-electron chi connectivity index (χ2n) is 5.62. The van der Waals surface area contributed by atoms with E-state index in [-0.39, 0.29) is 18.2 Å². The maximum Gasteiger partial charge on any atom is 0.303 e. The maximum absolute atomic E-state index is 10.8. The van der Waals surface area contributed by atoms with Crippen molar-refractivity contribution in [2.24, 2.45) is 0 Å². The van der Waals surface area contributed by atoms with E-state index in [4.69, 9.17) is 5.11 Å². The highest BCUT2D eigenvalue weighted by Gasteiger charge is 2.13. The van der Waals surface area contributed by atoms with Crippen molar-refractivity contribution in [1.29, 1.82) is 0 Å². The van der Waals surface area contributed by atoms with Gasteiger partial charge < -0.3 is 15.5 Å². The molecule has 3 N–H and O–H groups in total. The number of aromatic hydroxyl groups is 1. The Bertz CT molecular complexity index is 644. The van der Waals surface area contributed by atoms with E-state index in [9.17, 15) is 9.90 Å². The standard InChI is InChI=1S/C18H22N2O3/c1-13-7-9-17(21)16(20-13)12-19-15(8-10-18(22)23)11-14-5-3-2-4-6-14/h2-7,9,15,19,21H,8,10-12H2,1H3,(H,22,23). The summed E-state index contributed by atoms with van der Waals surface area (Å²) in [5.41, 5.74) is 2.57. The molecule has 5 heteroatoms. The fraction of sp³-hybridized carbons (Fsp3) is 0.333. The van der Waals surface area contributed by atoms with Crippen LogP contribution in [0.5, 0.6) is 5.75 Å². The number of carboxylic acid groups (broad SMARTS) is 1. The Morgan fingerprint density at radius 3 is 2.65 bits per heavy atom. The summed E-state index contributed by atoms with van der Waals surface area (Å²) in [6, 6.07) is 13.3. The van der Waals surface area contributed by atoms with E-state index < -0.39 is 5.97 Å². The van der Waals surface area contributed by atoms with Gasteiger partial charge in [0.1, 0.15) is 5.75 Å². The second kappa shape index (κ2) is 8.29. The third-order valence-electron chi connectivity index (χ3n) is 3.68. The number of aromatic nitrogens is 1. The van der Waals surface area contributed by atoms with Crippen LogP contribution in [0, 0.1) is 6.92 Å². The van der Waals surface area contributed by atoms with Crippen LogP contribution < -0.4 is 5.32 Å². The van der Waals surface area contributed by atoms with Crippen molar-refractivity contribution in [2.45, 2.75) is 38.8 Å². The lowest BCUT2D eigenvalue weighted by atomic mass is 10.0. The highest BCUT2D eigenvalue weighted by molar-refractivity contribution is 5.66. The summed E-state index contributed by atoms with van der Waals surface area (Å²) in [7, 11) is 0. The fourth-order valence-electron chi connectivity index (χ4n) is 2.45. The van der Waals surface area contributed by atoms with E-state index in [1.54, 1.807) is 12.1 Å². The van der Waals surface area contributed by atoms with Crippen molar-refractivity contribution in [3.8, 4) is 5.75 Å². The Labute approximate surface area is 136 Å². The molecule has 0 amide bonds.